The third-order valence-corrected chi connectivity index (χ3v) is 4.72. The van der Waals surface area contributed by atoms with Gasteiger partial charge in [0.05, 0.1) is 30.3 Å². The number of benzene rings is 2. The summed E-state index contributed by atoms with van der Waals surface area (Å²) in [6, 6.07) is 11.2. The van der Waals surface area contributed by atoms with E-state index >= 15 is 0 Å². The second-order valence-corrected chi connectivity index (χ2v) is 6.80. The molecule has 2 N–H and O–H groups in total. The molecule has 6 nitrogen and oxygen atoms in total. The molecule has 0 saturated carbocycles. The highest BCUT2D eigenvalue weighted by molar-refractivity contribution is 9.10. The Kier molecular flexibility index (Phi) is 8.02. The largest absolute Gasteiger partial charge is 0.465 e. The molecule has 0 amide bonds. The fourth-order valence-corrected chi connectivity index (χ4v) is 3.26. The molecule has 0 unspecified atom stereocenters. The van der Waals surface area contributed by atoms with Gasteiger partial charge < -0.3 is 19.8 Å². The summed E-state index contributed by atoms with van der Waals surface area (Å²) in [6.45, 7) is 5.17. The van der Waals surface area contributed by atoms with E-state index in [-0.39, 0.29) is 5.97 Å². The molecule has 7 heteroatoms. The summed E-state index contributed by atoms with van der Waals surface area (Å²) in [7, 11) is 3.03. The van der Waals surface area contributed by atoms with Crippen LogP contribution in [0.1, 0.15) is 35.6 Å². The normalized spacial score (nSPS) is 10.5. The van der Waals surface area contributed by atoms with Crippen molar-refractivity contribution in [2.75, 3.05) is 26.6 Å². The molecule has 0 aliphatic heterocycles. The van der Waals surface area contributed by atoms with Crippen LogP contribution >= 0.6 is 15.9 Å². The zero-order chi connectivity index (χ0) is 20.7. The summed E-state index contributed by atoms with van der Waals surface area (Å²) in [5.41, 5.74) is 10.0. The Balaban J connectivity index is 0.00000136. The third-order valence-electron chi connectivity index (χ3n) is 4.22. The highest BCUT2D eigenvalue weighted by atomic mass is 79.9. The number of nitrogens with zero attached hydrogens (tertiary/aromatic N) is 2. The van der Waals surface area contributed by atoms with Crippen LogP contribution in [0, 0.1) is 0 Å². The Bertz CT molecular complexity index is 953. The minimum atomic E-state index is -0.370. The lowest BCUT2D eigenvalue weighted by atomic mass is 10.1. The number of fused-ring (bicyclic) bond motifs is 1. The number of carbonyl (C=O) groups excluding carboxylic acids is 1. The molecule has 1 aromatic heterocycles. The van der Waals surface area contributed by atoms with Crippen molar-refractivity contribution in [1.29, 1.82) is 0 Å². The average Bonchev–Trinajstić information content (AvgIpc) is 3.05. The van der Waals surface area contributed by atoms with Crippen LogP contribution in [0.15, 0.2) is 40.9 Å². The number of rotatable bonds is 6. The first-order valence-corrected chi connectivity index (χ1v) is 9.93. The number of anilines is 1. The van der Waals surface area contributed by atoms with E-state index < -0.39 is 0 Å². The predicted octanol–water partition coefficient (Wildman–Crippen LogP) is 4.43. The zero-order valence-electron chi connectivity index (χ0n) is 16.7. The maximum absolute atomic E-state index is 11.9. The maximum atomic E-state index is 11.9. The van der Waals surface area contributed by atoms with E-state index in [4.69, 9.17) is 20.2 Å². The van der Waals surface area contributed by atoms with Crippen LogP contribution in [0.4, 0.5) is 5.69 Å². The number of hydrogen-bond donors (Lipinski definition) is 1. The SMILES string of the molecule is CC.COCCn1c(Cc2ccc(Br)cc2N)nc2ccc(C(=O)OC)cc21. The zero-order valence-corrected chi connectivity index (χ0v) is 18.2. The first kappa shape index (κ1) is 21.9. The Morgan fingerprint density at radius 3 is 2.57 bits per heavy atom. The average molecular weight is 448 g/mol. The molecule has 0 aliphatic carbocycles. The molecule has 1 heterocycles. The summed E-state index contributed by atoms with van der Waals surface area (Å²) in [5, 5.41) is 0. The Morgan fingerprint density at radius 1 is 1.18 bits per heavy atom. The number of methoxy groups -OCH3 is 2. The minimum absolute atomic E-state index is 0.370. The number of halogens is 1. The molecular formula is C21H26BrN3O3. The number of aromatic nitrogens is 2. The monoisotopic (exact) mass is 447 g/mol. The van der Waals surface area contributed by atoms with Crippen LogP contribution in [-0.4, -0.2) is 36.3 Å². The van der Waals surface area contributed by atoms with Crippen LogP contribution in [0.25, 0.3) is 11.0 Å². The number of imidazole rings is 1. The smallest absolute Gasteiger partial charge is 0.337 e. The third kappa shape index (κ3) is 4.91. The van der Waals surface area contributed by atoms with E-state index in [1.54, 1.807) is 19.2 Å². The lowest BCUT2D eigenvalue weighted by molar-refractivity contribution is 0.0601. The Hall–Kier alpha value is -2.38. The molecule has 0 bridgehead atoms. The van der Waals surface area contributed by atoms with Gasteiger partial charge in [-0.3, -0.25) is 0 Å². The van der Waals surface area contributed by atoms with Crippen molar-refractivity contribution >= 4 is 38.6 Å². The van der Waals surface area contributed by atoms with Crippen molar-refractivity contribution in [2.45, 2.75) is 26.8 Å². The molecule has 2 aromatic carbocycles. The van der Waals surface area contributed by atoms with Crippen molar-refractivity contribution < 1.29 is 14.3 Å². The molecule has 0 atom stereocenters. The van der Waals surface area contributed by atoms with Gasteiger partial charge in [-0.25, -0.2) is 9.78 Å². The minimum Gasteiger partial charge on any atom is -0.465 e. The number of esters is 1. The summed E-state index contributed by atoms with van der Waals surface area (Å²) < 4.78 is 13.1. The molecule has 3 rings (SSSR count). The summed E-state index contributed by atoms with van der Waals surface area (Å²) in [6.07, 6.45) is 0.588. The second kappa shape index (κ2) is 10.2. The van der Waals surface area contributed by atoms with E-state index in [9.17, 15) is 4.79 Å². The Labute approximate surface area is 173 Å². The van der Waals surface area contributed by atoms with Crippen LogP contribution in [-0.2, 0) is 22.4 Å². The molecule has 150 valence electrons. The molecule has 0 saturated heterocycles. The van der Waals surface area contributed by atoms with Crippen LogP contribution in [0.3, 0.4) is 0 Å². The number of ether oxygens (including phenoxy) is 2. The first-order valence-electron chi connectivity index (χ1n) is 9.13. The highest BCUT2D eigenvalue weighted by Gasteiger charge is 2.15. The lowest BCUT2D eigenvalue weighted by Crippen LogP contribution is -2.10. The molecule has 0 spiro atoms. The fourth-order valence-electron chi connectivity index (χ4n) is 2.88. The fraction of sp³-hybridized carbons (Fsp3) is 0.333. The van der Waals surface area contributed by atoms with Crippen LogP contribution < -0.4 is 5.73 Å². The summed E-state index contributed by atoms with van der Waals surface area (Å²) in [5.74, 6) is 0.498. The highest BCUT2D eigenvalue weighted by Crippen LogP contribution is 2.24. The molecule has 0 aliphatic rings. The van der Waals surface area contributed by atoms with Crippen molar-refractivity contribution in [3.05, 3.63) is 57.8 Å². The van der Waals surface area contributed by atoms with E-state index in [0.29, 0.717) is 30.8 Å². The van der Waals surface area contributed by atoms with Crippen molar-refractivity contribution in [1.82, 2.24) is 9.55 Å². The van der Waals surface area contributed by atoms with Gasteiger partial charge in [-0.05, 0) is 35.9 Å². The molecule has 3 aromatic rings. The lowest BCUT2D eigenvalue weighted by Gasteiger charge is -2.11. The molecule has 0 fully saturated rings. The van der Waals surface area contributed by atoms with E-state index in [1.165, 1.54) is 7.11 Å². The van der Waals surface area contributed by atoms with Crippen molar-refractivity contribution in [3.8, 4) is 0 Å². The van der Waals surface area contributed by atoms with Gasteiger partial charge in [0.15, 0.2) is 0 Å². The van der Waals surface area contributed by atoms with Gasteiger partial charge in [0.25, 0.3) is 0 Å². The van der Waals surface area contributed by atoms with E-state index in [2.05, 4.69) is 20.5 Å². The number of nitrogen functional groups attached to an aromatic ring is 1. The van der Waals surface area contributed by atoms with Gasteiger partial charge in [-0.2, -0.15) is 0 Å². The van der Waals surface area contributed by atoms with Gasteiger partial charge >= 0.3 is 5.97 Å². The quantitative estimate of drug-likeness (QED) is 0.446. The Morgan fingerprint density at radius 2 is 1.93 bits per heavy atom. The number of hydrogen-bond acceptors (Lipinski definition) is 5. The summed E-state index contributed by atoms with van der Waals surface area (Å²) >= 11 is 3.43. The molecule has 0 radical (unpaired) electrons. The van der Waals surface area contributed by atoms with Gasteiger partial charge in [0.2, 0.25) is 0 Å². The van der Waals surface area contributed by atoms with E-state index in [1.807, 2.05) is 38.1 Å². The van der Waals surface area contributed by atoms with Gasteiger partial charge in [-0.1, -0.05) is 35.8 Å². The maximum Gasteiger partial charge on any atom is 0.337 e. The van der Waals surface area contributed by atoms with E-state index in [0.717, 1.165) is 26.9 Å². The predicted molar refractivity (Wildman–Crippen MR) is 116 cm³/mol. The number of carbonyl (C=O) groups is 1. The van der Waals surface area contributed by atoms with Gasteiger partial charge in [0, 0.05) is 30.2 Å². The second-order valence-electron chi connectivity index (χ2n) is 5.89. The summed E-state index contributed by atoms with van der Waals surface area (Å²) in [4.78, 5) is 16.6. The standard InChI is InChI=1S/C19H20BrN3O3.C2H6/c1-25-8-7-23-17-9-13(19(24)26-2)4-6-16(17)22-18(23)10-12-3-5-14(20)11-15(12)21;1-2/h3-6,9,11H,7-8,10,21H2,1-2H3;1-2H3. The van der Waals surface area contributed by atoms with Gasteiger partial charge in [-0.15, -0.1) is 0 Å². The van der Waals surface area contributed by atoms with Crippen LogP contribution in [0.2, 0.25) is 0 Å². The first-order chi connectivity index (χ1) is 13.5. The molecule has 28 heavy (non-hydrogen) atoms. The van der Waals surface area contributed by atoms with Gasteiger partial charge in [0.1, 0.15) is 5.82 Å². The van der Waals surface area contributed by atoms with Crippen molar-refractivity contribution in [3.63, 3.8) is 0 Å². The molecular weight excluding hydrogens is 422 g/mol. The number of nitrogens with two attached hydrogens (primary N) is 1. The van der Waals surface area contributed by atoms with Crippen LogP contribution in [0.5, 0.6) is 0 Å². The van der Waals surface area contributed by atoms with Crippen molar-refractivity contribution in [2.24, 2.45) is 0 Å². The topological polar surface area (TPSA) is 79.4 Å².